The molecular weight excluding hydrogens is 230 g/mol. The molecule has 2 rings (SSSR count). The van der Waals surface area contributed by atoms with Crippen LogP contribution in [0.3, 0.4) is 0 Å². The number of nitrogens with zero attached hydrogens (tertiary/aromatic N) is 2. The van der Waals surface area contributed by atoms with Crippen LogP contribution in [0.1, 0.15) is 41.9 Å². The average Bonchev–Trinajstić information content (AvgIpc) is 2.73. The minimum Gasteiger partial charge on any atom is -0.314 e. The van der Waals surface area contributed by atoms with Gasteiger partial charge in [-0.25, -0.2) is 4.98 Å². The van der Waals surface area contributed by atoms with Crippen LogP contribution in [0, 0.1) is 6.92 Å². The zero-order chi connectivity index (χ0) is 12.3. The van der Waals surface area contributed by atoms with Crippen molar-refractivity contribution in [1.29, 1.82) is 0 Å². The lowest BCUT2D eigenvalue weighted by Crippen LogP contribution is -2.45. The molecule has 1 aromatic heterocycles. The van der Waals surface area contributed by atoms with E-state index in [0.717, 1.165) is 39.0 Å². The lowest BCUT2D eigenvalue weighted by atomic mass is 10.1. The van der Waals surface area contributed by atoms with E-state index in [0.29, 0.717) is 6.04 Å². The second-order valence-electron chi connectivity index (χ2n) is 4.62. The van der Waals surface area contributed by atoms with Crippen LogP contribution in [0.25, 0.3) is 0 Å². The predicted molar refractivity (Wildman–Crippen MR) is 73.7 cm³/mol. The van der Waals surface area contributed by atoms with E-state index >= 15 is 0 Å². The minimum atomic E-state index is 0.529. The van der Waals surface area contributed by atoms with Crippen LogP contribution >= 0.6 is 11.3 Å². The number of hydrogen-bond acceptors (Lipinski definition) is 4. The first-order chi connectivity index (χ1) is 8.26. The molecule has 0 radical (unpaired) electrons. The molecule has 0 aliphatic carbocycles. The molecule has 1 aliphatic heterocycles. The summed E-state index contributed by atoms with van der Waals surface area (Å²) >= 11 is 1.89. The molecule has 0 saturated carbocycles. The van der Waals surface area contributed by atoms with Crippen LogP contribution in [0.2, 0.25) is 0 Å². The fourth-order valence-corrected chi connectivity index (χ4v) is 3.73. The molecule has 1 aliphatic rings. The molecule has 1 N–H and O–H groups in total. The van der Waals surface area contributed by atoms with E-state index in [2.05, 4.69) is 31.0 Å². The van der Waals surface area contributed by atoms with E-state index < -0.39 is 0 Å². The number of aromatic nitrogens is 1. The van der Waals surface area contributed by atoms with E-state index in [4.69, 9.17) is 4.98 Å². The molecule has 1 fully saturated rings. The van der Waals surface area contributed by atoms with Crippen LogP contribution < -0.4 is 5.32 Å². The summed E-state index contributed by atoms with van der Waals surface area (Å²) < 4.78 is 0. The molecule has 0 spiro atoms. The molecule has 96 valence electrons. The van der Waals surface area contributed by atoms with Crippen LogP contribution in [-0.2, 0) is 6.42 Å². The summed E-state index contributed by atoms with van der Waals surface area (Å²) in [6.45, 7) is 11.2. The summed E-state index contributed by atoms with van der Waals surface area (Å²) in [5.74, 6) is 0. The van der Waals surface area contributed by atoms with E-state index in [1.165, 1.54) is 15.6 Å². The maximum Gasteiger partial charge on any atom is 0.110 e. The summed E-state index contributed by atoms with van der Waals surface area (Å²) in [6, 6.07) is 0.529. The molecule has 2 heterocycles. The molecule has 1 saturated heterocycles. The van der Waals surface area contributed by atoms with Gasteiger partial charge >= 0.3 is 0 Å². The standard InChI is InChI=1S/C13H23N3S/c1-4-11-10(3)17-13(15-11)12(5-2)16-8-6-14-7-9-16/h12,14H,4-9H2,1-3H3. The van der Waals surface area contributed by atoms with Gasteiger partial charge in [0.15, 0.2) is 0 Å². The molecule has 0 amide bonds. The first kappa shape index (κ1) is 13.0. The largest absolute Gasteiger partial charge is 0.314 e. The topological polar surface area (TPSA) is 28.2 Å². The summed E-state index contributed by atoms with van der Waals surface area (Å²) in [4.78, 5) is 8.81. The number of thiazole rings is 1. The summed E-state index contributed by atoms with van der Waals surface area (Å²) in [6.07, 6.45) is 2.22. The molecule has 17 heavy (non-hydrogen) atoms. The zero-order valence-corrected chi connectivity index (χ0v) is 11.9. The molecular formula is C13H23N3S. The van der Waals surface area contributed by atoms with Crippen molar-refractivity contribution in [3.05, 3.63) is 15.6 Å². The molecule has 0 bridgehead atoms. The maximum atomic E-state index is 4.83. The Labute approximate surface area is 108 Å². The minimum absolute atomic E-state index is 0.529. The van der Waals surface area contributed by atoms with Crippen LogP contribution in [-0.4, -0.2) is 36.1 Å². The summed E-state index contributed by atoms with van der Waals surface area (Å²) in [5, 5.41) is 4.74. The third-order valence-electron chi connectivity index (χ3n) is 3.51. The van der Waals surface area contributed by atoms with Crippen molar-refractivity contribution in [2.24, 2.45) is 0 Å². The highest BCUT2D eigenvalue weighted by molar-refractivity contribution is 7.11. The van der Waals surface area contributed by atoms with Crippen molar-refractivity contribution in [3.63, 3.8) is 0 Å². The molecule has 1 atom stereocenters. The molecule has 1 aromatic rings. The number of piperazine rings is 1. The van der Waals surface area contributed by atoms with Gasteiger partial charge in [-0.1, -0.05) is 13.8 Å². The van der Waals surface area contributed by atoms with Crippen molar-refractivity contribution < 1.29 is 0 Å². The third-order valence-corrected chi connectivity index (χ3v) is 4.62. The van der Waals surface area contributed by atoms with Gasteiger partial charge in [0.25, 0.3) is 0 Å². The molecule has 1 unspecified atom stereocenters. The van der Waals surface area contributed by atoms with Gasteiger partial charge in [-0.05, 0) is 19.8 Å². The Hall–Kier alpha value is -0.450. The van der Waals surface area contributed by atoms with Gasteiger partial charge in [0.05, 0.1) is 11.7 Å². The van der Waals surface area contributed by atoms with Crippen molar-refractivity contribution in [1.82, 2.24) is 15.2 Å². The Balaban J connectivity index is 2.15. The normalized spacial score (nSPS) is 19.5. The predicted octanol–water partition coefficient (Wildman–Crippen LogP) is 2.37. The Morgan fingerprint density at radius 1 is 1.35 bits per heavy atom. The maximum absolute atomic E-state index is 4.83. The lowest BCUT2D eigenvalue weighted by molar-refractivity contribution is 0.169. The van der Waals surface area contributed by atoms with Gasteiger partial charge in [0.1, 0.15) is 5.01 Å². The van der Waals surface area contributed by atoms with Crippen LogP contribution in [0.15, 0.2) is 0 Å². The Morgan fingerprint density at radius 3 is 2.59 bits per heavy atom. The van der Waals surface area contributed by atoms with Gasteiger partial charge in [-0.15, -0.1) is 11.3 Å². The Kier molecular flexibility index (Phi) is 4.54. The molecule has 0 aromatic carbocycles. The number of nitrogens with one attached hydrogen (secondary N) is 1. The highest BCUT2D eigenvalue weighted by atomic mass is 32.1. The number of aryl methyl sites for hydroxylation is 2. The fraction of sp³-hybridized carbons (Fsp3) is 0.769. The second-order valence-corrected chi connectivity index (χ2v) is 5.85. The lowest BCUT2D eigenvalue weighted by Gasteiger charge is -2.33. The second kappa shape index (κ2) is 5.94. The smallest absolute Gasteiger partial charge is 0.110 e. The summed E-state index contributed by atoms with van der Waals surface area (Å²) in [5.41, 5.74) is 1.29. The quantitative estimate of drug-likeness (QED) is 0.893. The first-order valence-corrected chi connectivity index (χ1v) is 7.48. The van der Waals surface area contributed by atoms with Crippen LogP contribution in [0.5, 0.6) is 0 Å². The first-order valence-electron chi connectivity index (χ1n) is 6.67. The molecule has 3 nitrogen and oxygen atoms in total. The van der Waals surface area contributed by atoms with E-state index in [-0.39, 0.29) is 0 Å². The van der Waals surface area contributed by atoms with E-state index in [9.17, 15) is 0 Å². The third kappa shape index (κ3) is 2.87. The van der Waals surface area contributed by atoms with Crippen molar-refractivity contribution in [2.45, 2.75) is 39.7 Å². The highest BCUT2D eigenvalue weighted by Crippen LogP contribution is 2.30. The van der Waals surface area contributed by atoms with Gasteiger partial charge in [0, 0.05) is 31.1 Å². The van der Waals surface area contributed by atoms with Gasteiger partial charge in [-0.2, -0.15) is 0 Å². The van der Waals surface area contributed by atoms with Crippen molar-refractivity contribution in [2.75, 3.05) is 26.2 Å². The zero-order valence-electron chi connectivity index (χ0n) is 11.1. The van der Waals surface area contributed by atoms with Gasteiger partial charge in [-0.3, -0.25) is 4.90 Å². The Bertz CT molecular complexity index is 356. The number of hydrogen-bond donors (Lipinski definition) is 1. The SMILES string of the molecule is CCc1nc(C(CC)N2CCNCC2)sc1C. The van der Waals surface area contributed by atoms with Gasteiger partial charge in [0.2, 0.25) is 0 Å². The average molecular weight is 253 g/mol. The molecule has 4 heteroatoms. The van der Waals surface area contributed by atoms with Gasteiger partial charge < -0.3 is 5.32 Å². The highest BCUT2D eigenvalue weighted by Gasteiger charge is 2.23. The fourth-order valence-electron chi connectivity index (χ4n) is 2.50. The summed E-state index contributed by atoms with van der Waals surface area (Å²) in [7, 11) is 0. The monoisotopic (exact) mass is 253 g/mol. The van der Waals surface area contributed by atoms with Crippen molar-refractivity contribution >= 4 is 11.3 Å². The van der Waals surface area contributed by atoms with Crippen molar-refractivity contribution in [3.8, 4) is 0 Å². The van der Waals surface area contributed by atoms with E-state index in [1.54, 1.807) is 0 Å². The van der Waals surface area contributed by atoms with Crippen LogP contribution in [0.4, 0.5) is 0 Å². The van der Waals surface area contributed by atoms with E-state index in [1.807, 2.05) is 11.3 Å². The Morgan fingerprint density at radius 2 is 2.06 bits per heavy atom. The number of rotatable bonds is 4.